The zero-order chi connectivity index (χ0) is 23.8. The number of benzene rings is 3. The number of non-ortho nitro benzene ring substituents is 1. The molecule has 2 N–H and O–H groups in total. The molecule has 0 spiro atoms. The highest BCUT2D eigenvalue weighted by Crippen LogP contribution is 2.34. The number of hydrogen-bond donors (Lipinski definition) is 2. The number of nitrogens with one attached hydrogen (secondary N) is 2. The minimum Gasteiger partial charge on any atom is -0.369 e. The minimum atomic E-state index is -0.452. The molecule has 0 aliphatic carbocycles. The van der Waals surface area contributed by atoms with Crippen molar-refractivity contribution in [3.05, 3.63) is 88.5 Å². The van der Waals surface area contributed by atoms with Gasteiger partial charge in [0.25, 0.3) is 5.69 Å². The number of hydrogen-bond acceptors (Lipinski definition) is 5. The van der Waals surface area contributed by atoms with Crippen molar-refractivity contribution in [3.8, 4) is 11.1 Å². The molecule has 7 heteroatoms. The summed E-state index contributed by atoms with van der Waals surface area (Å²) in [4.78, 5) is 25.5. The second kappa shape index (κ2) is 11.2. The van der Waals surface area contributed by atoms with Gasteiger partial charge in [0.2, 0.25) is 5.91 Å². The Morgan fingerprint density at radius 3 is 2.03 bits per heavy atom. The Labute approximate surface area is 194 Å². The summed E-state index contributed by atoms with van der Waals surface area (Å²) in [6.07, 6.45) is 0.288. The zero-order valence-corrected chi connectivity index (χ0v) is 19.2. The number of nitrogens with zero attached hydrogens (tertiary/aromatic N) is 2. The Morgan fingerprint density at radius 1 is 0.909 bits per heavy atom. The molecule has 1 atom stereocenters. The smallest absolute Gasteiger partial charge is 0.269 e. The van der Waals surface area contributed by atoms with E-state index in [4.69, 9.17) is 0 Å². The van der Waals surface area contributed by atoms with Crippen LogP contribution in [0.3, 0.4) is 0 Å². The van der Waals surface area contributed by atoms with Gasteiger partial charge in [-0.3, -0.25) is 19.8 Å². The summed E-state index contributed by atoms with van der Waals surface area (Å²) in [5.74, 6) is -0.182. The lowest BCUT2D eigenvalue weighted by molar-refractivity contribution is -0.384. The van der Waals surface area contributed by atoms with Crippen molar-refractivity contribution < 1.29 is 9.72 Å². The Morgan fingerprint density at radius 2 is 1.45 bits per heavy atom. The molecule has 1 unspecified atom stereocenters. The molecule has 172 valence electrons. The van der Waals surface area contributed by atoms with Gasteiger partial charge in [-0.25, -0.2) is 0 Å². The molecule has 7 nitrogen and oxygen atoms in total. The van der Waals surface area contributed by atoms with Gasteiger partial charge in [0, 0.05) is 34.6 Å². The van der Waals surface area contributed by atoms with Crippen molar-refractivity contribution in [2.75, 3.05) is 23.7 Å². The third-order valence-corrected chi connectivity index (χ3v) is 5.65. The van der Waals surface area contributed by atoms with Crippen LogP contribution in [-0.2, 0) is 11.2 Å². The van der Waals surface area contributed by atoms with Gasteiger partial charge < -0.3 is 10.6 Å². The van der Waals surface area contributed by atoms with Gasteiger partial charge in [-0.2, -0.15) is 0 Å². The summed E-state index contributed by atoms with van der Waals surface area (Å²) >= 11 is 0. The van der Waals surface area contributed by atoms with Gasteiger partial charge in [0.15, 0.2) is 0 Å². The van der Waals surface area contributed by atoms with Crippen molar-refractivity contribution in [1.29, 1.82) is 0 Å². The average molecular weight is 447 g/mol. The lowest BCUT2D eigenvalue weighted by atomic mass is 10.0. The van der Waals surface area contributed by atoms with Crippen molar-refractivity contribution >= 4 is 23.0 Å². The predicted octanol–water partition coefficient (Wildman–Crippen LogP) is 5.54. The SMILES string of the molecule is CCN(CC)C(C)Nc1ccccc1-c1ccccc1NC(=O)Cc1ccc([N+](=O)[O-])cc1. The van der Waals surface area contributed by atoms with E-state index in [1.807, 2.05) is 48.5 Å². The molecule has 0 saturated carbocycles. The first-order valence-corrected chi connectivity index (χ1v) is 11.1. The fourth-order valence-corrected chi connectivity index (χ4v) is 3.87. The minimum absolute atomic E-state index is 0.00699. The third-order valence-electron chi connectivity index (χ3n) is 5.65. The van der Waals surface area contributed by atoms with Crippen molar-refractivity contribution in [1.82, 2.24) is 4.90 Å². The van der Waals surface area contributed by atoms with Crippen molar-refractivity contribution in [3.63, 3.8) is 0 Å². The largest absolute Gasteiger partial charge is 0.369 e. The van der Waals surface area contributed by atoms with E-state index in [0.717, 1.165) is 29.9 Å². The van der Waals surface area contributed by atoms with Gasteiger partial charge in [0.1, 0.15) is 0 Å². The summed E-state index contributed by atoms with van der Waals surface area (Å²) in [5, 5.41) is 17.4. The number of rotatable bonds is 10. The summed E-state index contributed by atoms with van der Waals surface area (Å²) in [6.45, 7) is 8.32. The van der Waals surface area contributed by atoms with Crippen LogP contribution < -0.4 is 10.6 Å². The number of nitro groups is 1. The maximum absolute atomic E-state index is 12.7. The standard InChI is InChI=1S/C26H30N4O3/c1-4-29(5-2)19(3)27-24-12-8-6-10-22(24)23-11-7-9-13-25(23)28-26(31)18-20-14-16-21(17-15-20)30(32)33/h6-17,19,27H,4-5,18H2,1-3H3,(H,28,31). The summed E-state index contributed by atoms with van der Waals surface area (Å²) in [5.41, 5.74) is 4.36. The van der Waals surface area contributed by atoms with Crippen LogP contribution in [0.15, 0.2) is 72.8 Å². The van der Waals surface area contributed by atoms with Gasteiger partial charge in [0.05, 0.1) is 17.5 Å². The Kier molecular flexibility index (Phi) is 8.16. The summed E-state index contributed by atoms with van der Waals surface area (Å²) < 4.78 is 0. The highest BCUT2D eigenvalue weighted by Gasteiger charge is 2.15. The normalized spacial score (nSPS) is 11.8. The molecule has 3 rings (SSSR count). The Bertz CT molecular complexity index is 1090. The predicted molar refractivity (Wildman–Crippen MR) is 133 cm³/mol. The second-order valence-electron chi connectivity index (χ2n) is 7.78. The Balaban J connectivity index is 1.81. The number of anilines is 2. The second-order valence-corrected chi connectivity index (χ2v) is 7.78. The molecule has 0 bridgehead atoms. The topological polar surface area (TPSA) is 87.5 Å². The monoisotopic (exact) mass is 446 g/mol. The highest BCUT2D eigenvalue weighted by molar-refractivity contribution is 5.98. The molecule has 0 radical (unpaired) electrons. The Hall–Kier alpha value is -3.71. The number of carbonyl (C=O) groups is 1. The van der Waals surface area contributed by atoms with Crippen molar-refractivity contribution in [2.45, 2.75) is 33.4 Å². The van der Waals surface area contributed by atoms with Crippen molar-refractivity contribution in [2.24, 2.45) is 0 Å². The maximum Gasteiger partial charge on any atom is 0.269 e. The third kappa shape index (κ3) is 6.17. The number of amides is 1. The summed E-state index contributed by atoms with van der Waals surface area (Å²) in [6, 6.07) is 21.8. The molecule has 0 aromatic heterocycles. The fourth-order valence-electron chi connectivity index (χ4n) is 3.87. The molecule has 0 fully saturated rings. The number of carbonyl (C=O) groups excluding carboxylic acids is 1. The number of nitro benzene ring substituents is 1. The molecular weight excluding hydrogens is 416 g/mol. The van der Waals surface area contributed by atoms with E-state index in [-0.39, 0.29) is 24.2 Å². The van der Waals surface area contributed by atoms with Gasteiger partial charge >= 0.3 is 0 Å². The van der Waals surface area contributed by atoms with E-state index in [9.17, 15) is 14.9 Å². The van der Waals surface area contributed by atoms with Gasteiger partial charge in [-0.15, -0.1) is 0 Å². The van der Waals surface area contributed by atoms with E-state index < -0.39 is 4.92 Å². The van der Waals surface area contributed by atoms with E-state index in [0.29, 0.717) is 11.3 Å². The molecule has 1 amide bonds. The van der Waals surface area contributed by atoms with Crippen LogP contribution in [0, 0.1) is 10.1 Å². The molecule has 0 aliphatic heterocycles. The van der Waals surface area contributed by atoms with E-state index in [1.165, 1.54) is 12.1 Å². The fraction of sp³-hybridized carbons (Fsp3) is 0.269. The molecule has 0 saturated heterocycles. The van der Waals surface area contributed by atoms with Crippen LogP contribution >= 0.6 is 0 Å². The molecule has 33 heavy (non-hydrogen) atoms. The lowest BCUT2D eigenvalue weighted by Crippen LogP contribution is -2.38. The van der Waals surface area contributed by atoms with E-state index >= 15 is 0 Å². The maximum atomic E-state index is 12.7. The average Bonchev–Trinajstić information content (AvgIpc) is 2.81. The van der Waals surface area contributed by atoms with Crippen LogP contribution in [0.2, 0.25) is 0 Å². The van der Waals surface area contributed by atoms with Crippen LogP contribution in [0.4, 0.5) is 17.1 Å². The van der Waals surface area contributed by atoms with Gasteiger partial charge in [-0.1, -0.05) is 62.4 Å². The first kappa shape index (κ1) is 23.9. The van der Waals surface area contributed by atoms with Crippen LogP contribution in [-0.4, -0.2) is 35.0 Å². The number of para-hydroxylation sites is 2. The van der Waals surface area contributed by atoms with Crippen LogP contribution in [0.5, 0.6) is 0 Å². The van der Waals surface area contributed by atoms with Gasteiger partial charge in [-0.05, 0) is 37.7 Å². The van der Waals surface area contributed by atoms with Crippen LogP contribution in [0.25, 0.3) is 11.1 Å². The molecule has 0 heterocycles. The van der Waals surface area contributed by atoms with E-state index in [2.05, 4.69) is 36.3 Å². The molecular formula is C26H30N4O3. The van der Waals surface area contributed by atoms with Crippen LogP contribution in [0.1, 0.15) is 26.3 Å². The molecule has 0 aliphatic rings. The first-order chi connectivity index (χ1) is 15.9. The molecule has 3 aromatic carbocycles. The lowest BCUT2D eigenvalue weighted by Gasteiger charge is -2.29. The summed E-state index contributed by atoms with van der Waals surface area (Å²) in [7, 11) is 0. The zero-order valence-electron chi connectivity index (χ0n) is 19.2. The first-order valence-electron chi connectivity index (χ1n) is 11.1. The quantitative estimate of drug-likeness (QED) is 0.242. The molecule has 3 aromatic rings. The van der Waals surface area contributed by atoms with E-state index in [1.54, 1.807) is 12.1 Å². The highest BCUT2D eigenvalue weighted by atomic mass is 16.6.